The topological polar surface area (TPSA) is 84.5 Å². The maximum absolute atomic E-state index is 13.1. The SMILES string of the molecule is CCOc1ccccc1NC(=O)[C@H]1O[C@H]2OC(C)(C)O[C@@H]2[C@H]2OC(C)(C)O[C@H]21. The number of rotatable bonds is 4. The molecule has 0 unspecified atom stereocenters. The third-order valence-corrected chi connectivity index (χ3v) is 4.86. The third-order valence-electron chi connectivity index (χ3n) is 4.86. The molecule has 28 heavy (non-hydrogen) atoms. The average molecular weight is 393 g/mol. The van der Waals surface area contributed by atoms with Gasteiger partial charge in [-0.2, -0.15) is 0 Å². The van der Waals surface area contributed by atoms with E-state index in [4.69, 9.17) is 28.4 Å². The maximum atomic E-state index is 13.1. The van der Waals surface area contributed by atoms with Crippen LogP contribution in [0.4, 0.5) is 5.69 Å². The molecular weight excluding hydrogens is 366 g/mol. The Bertz CT molecular complexity index is 750. The van der Waals surface area contributed by atoms with Crippen molar-refractivity contribution in [3.63, 3.8) is 0 Å². The van der Waals surface area contributed by atoms with E-state index >= 15 is 0 Å². The lowest BCUT2D eigenvalue weighted by atomic mass is 9.98. The van der Waals surface area contributed by atoms with Crippen LogP contribution >= 0.6 is 0 Å². The zero-order valence-corrected chi connectivity index (χ0v) is 16.8. The van der Waals surface area contributed by atoms with Crippen LogP contribution in [0, 0.1) is 0 Å². The van der Waals surface area contributed by atoms with E-state index < -0.39 is 42.3 Å². The van der Waals surface area contributed by atoms with E-state index in [-0.39, 0.29) is 5.91 Å². The van der Waals surface area contributed by atoms with Gasteiger partial charge in [-0.25, -0.2) is 0 Å². The number of fused-ring (bicyclic) bond motifs is 3. The Morgan fingerprint density at radius 3 is 2.39 bits per heavy atom. The van der Waals surface area contributed by atoms with Crippen LogP contribution in [0.5, 0.6) is 5.75 Å². The molecule has 0 aromatic heterocycles. The van der Waals surface area contributed by atoms with Crippen molar-refractivity contribution in [2.45, 2.75) is 76.9 Å². The molecule has 154 valence electrons. The highest BCUT2D eigenvalue weighted by Crippen LogP contribution is 2.44. The van der Waals surface area contributed by atoms with Crippen molar-refractivity contribution in [3.05, 3.63) is 24.3 Å². The lowest BCUT2D eigenvalue weighted by molar-refractivity contribution is -0.229. The van der Waals surface area contributed by atoms with Crippen LogP contribution in [-0.4, -0.2) is 54.8 Å². The molecule has 3 fully saturated rings. The van der Waals surface area contributed by atoms with E-state index in [0.717, 1.165) is 0 Å². The minimum absolute atomic E-state index is 0.352. The van der Waals surface area contributed by atoms with Crippen molar-refractivity contribution in [1.29, 1.82) is 0 Å². The van der Waals surface area contributed by atoms with Gasteiger partial charge in [0.2, 0.25) is 0 Å². The molecule has 3 saturated heterocycles. The quantitative estimate of drug-likeness (QED) is 0.841. The number of ether oxygens (including phenoxy) is 6. The average Bonchev–Trinajstić information content (AvgIpc) is 3.10. The number of hydrogen-bond acceptors (Lipinski definition) is 7. The number of carbonyl (C=O) groups is 1. The van der Waals surface area contributed by atoms with Gasteiger partial charge in [0.15, 0.2) is 24.0 Å². The molecule has 1 aromatic carbocycles. The highest BCUT2D eigenvalue weighted by Gasteiger charge is 2.62. The lowest BCUT2D eigenvalue weighted by Crippen LogP contribution is -2.58. The minimum atomic E-state index is -0.916. The summed E-state index contributed by atoms with van der Waals surface area (Å²) in [7, 11) is 0. The fourth-order valence-electron chi connectivity index (χ4n) is 3.88. The maximum Gasteiger partial charge on any atom is 0.256 e. The van der Waals surface area contributed by atoms with Crippen LogP contribution in [0.3, 0.4) is 0 Å². The molecular formula is C20H27NO7. The fraction of sp³-hybridized carbons (Fsp3) is 0.650. The first-order valence-corrected chi connectivity index (χ1v) is 9.58. The molecule has 3 heterocycles. The van der Waals surface area contributed by atoms with E-state index in [1.807, 2.05) is 19.1 Å². The molecule has 1 amide bonds. The van der Waals surface area contributed by atoms with Crippen molar-refractivity contribution in [2.24, 2.45) is 0 Å². The van der Waals surface area contributed by atoms with Gasteiger partial charge in [0.25, 0.3) is 5.91 Å². The second kappa shape index (κ2) is 6.96. The number of hydrogen-bond donors (Lipinski definition) is 1. The van der Waals surface area contributed by atoms with Crippen LogP contribution in [0.2, 0.25) is 0 Å². The van der Waals surface area contributed by atoms with Gasteiger partial charge in [-0.3, -0.25) is 4.79 Å². The fourth-order valence-corrected chi connectivity index (χ4v) is 3.88. The van der Waals surface area contributed by atoms with E-state index in [1.165, 1.54) is 0 Å². The number of para-hydroxylation sites is 2. The van der Waals surface area contributed by atoms with Crippen LogP contribution in [0.15, 0.2) is 24.3 Å². The summed E-state index contributed by atoms with van der Waals surface area (Å²) in [6, 6.07) is 7.25. The molecule has 8 heteroatoms. The summed E-state index contributed by atoms with van der Waals surface area (Å²) in [5.41, 5.74) is 0.568. The summed E-state index contributed by atoms with van der Waals surface area (Å²) in [5, 5.41) is 2.88. The Morgan fingerprint density at radius 2 is 1.64 bits per heavy atom. The van der Waals surface area contributed by atoms with Crippen LogP contribution in [0.1, 0.15) is 34.6 Å². The standard InChI is InChI=1S/C20H27NO7/c1-6-23-12-10-8-7-9-11(12)21-17(22)15-13-14(26-19(2,3)25-13)16-18(24-15)28-20(4,5)27-16/h7-10,13-16,18H,6H2,1-5H3,(H,21,22)/t13-,14+,15+,16-,18+/m1/s1. The Labute approximate surface area is 164 Å². The summed E-state index contributed by atoms with van der Waals surface area (Å²) in [5.74, 6) is -1.45. The molecule has 0 radical (unpaired) electrons. The second-order valence-electron chi connectivity index (χ2n) is 8.01. The predicted molar refractivity (Wildman–Crippen MR) is 98.8 cm³/mol. The summed E-state index contributed by atoms with van der Waals surface area (Å²) >= 11 is 0. The Morgan fingerprint density at radius 1 is 1.00 bits per heavy atom. The molecule has 3 aliphatic heterocycles. The Hall–Kier alpha value is -1.71. The van der Waals surface area contributed by atoms with Crippen molar-refractivity contribution >= 4 is 11.6 Å². The molecule has 8 nitrogen and oxygen atoms in total. The zero-order valence-electron chi connectivity index (χ0n) is 16.8. The highest BCUT2D eigenvalue weighted by atomic mass is 16.9. The molecule has 0 aliphatic carbocycles. The minimum Gasteiger partial charge on any atom is -0.492 e. The van der Waals surface area contributed by atoms with Crippen molar-refractivity contribution in [3.8, 4) is 5.75 Å². The molecule has 1 aromatic rings. The largest absolute Gasteiger partial charge is 0.492 e. The lowest BCUT2D eigenvalue weighted by Gasteiger charge is -2.36. The van der Waals surface area contributed by atoms with Gasteiger partial charge in [-0.15, -0.1) is 0 Å². The van der Waals surface area contributed by atoms with Gasteiger partial charge >= 0.3 is 0 Å². The highest BCUT2D eigenvalue weighted by molar-refractivity contribution is 5.96. The van der Waals surface area contributed by atoms with Gasteiger partial charge < -0.3 is 33.7 Å². The molecule has 0 spiro atoms. The molecule has 4 rings (SSSR count). The zero-order chi connectivity index (χ0) is 20.1. The summed E-state index contributed by atoms with van der Waals surface area (Å²) < 4.78 is 35.4. The number of carbonyl (C=O) groups excluding carboxylic acids is 1. The Balaban J connectivity index is 1.57. The van der Waals surface area contributed by atoms with E-state index in [1.54, 1.807) is 39.8 Å². The van der Waals surface area contributed by atoms with Gasteiger partial charge in [-0.1, -0.05) is 12.1 Å². The third kappa shape index (κ3) is 3.62. The summed E-state index contributed by atoms with van der Waals surface area (Å²) in [6.45, 7) is 9.60. The van der Waals surface area contributed by atoms with Crippen molar-refractivity contribution in [2.75, 3.05) is 11.9 Å². The van der Waals surface area contributed by atoms with Gasteiger partial charge in [0.1, 0.15) is 24.1 Å². The van der Waals surface area contributed by atoms with Crippen LogP contribution in [0.25, 0.3) is 0 Å². The second-order valence-corrected chi connectivity index (χ2v) is 8.01. The molecule has 0 bridgehead atoms. The molecule has 0 saturated carbocycles. The Kier molecular flexibility index (Phi) is 4.87. The predicted octanol–water partition coefficient (Wildman–Crippen LogP) is 2.42. The van der Waals surface area contributed by atoms with E-state index in [0.29, 0.717) is 18.0 Å². The molecule has 1 N–H and O–H groups in total. The number of nitrogens with one attached hydrogen (secondary N) is 1. The molecule has 3 aliphatic rings. The first-order chi connectivity index (χ1) is 13.2. The summed E-state index contributed by atoms with van der Waals surface area (Å²) in [4.78, 5) is 13.1. The summed E-state index contributed by atoms with van der Waals surface area (Å²) in [6.07, 6.45) is -3.20. The van der Waals surface area contributed by atoms with Crippen molar-refractivity contribution < 1.29 is 33.2 Å². The van der Waals surface area contributed by atoms with E-state index in [2.05, 4.69) is 5.32 Å². The van der Waals surface area contributed by atoms with Crippen LogP contribution in [-0.2, 0) is 28.5 Å². The first-order valence-electron chi connectivity index (χ1n) is 9.58. The number of amides is 1. The van der Waals surface area contributed by atoms with Gasteiger partial charge in [0.05, 0.1) is 12.3 Å². The van der Waals surface area contributed by atoms with Crippen LogP contribution < -0.4 is 10.1 Å². The number of anilines is 1. The van der Waals surface area contributed by atoms with Gasteiger partial charge in [-0.05, 0) is 46.8 Å². The monoisotopic (exact) mass is 393 g/mol. The smallest absolute Gasteiger partial charge is 0.256 e. The number of benzene rings is 1. The normalized spacial score (nSPS) is 35.1. The van der Waals surface area contributed by atoms with E-state index in [9.17, 15) is 4.79 Å². The van der Waals surface area contributed by atoms with Crippen molar-refractivity contribution in [1.82, 2.24) is 0 Å². The van der Waals surface area contributed by atoms with Gasteiger partial charge in [0, 0.05) is 0 Å². The first kappa shape index (κ1) is 19.6. The molecule has 5 atom stereocenters.